The lowest BCUT2D eigenvalue weighted by Gasteiger charge is -2.12. The van der Waals surface area contributed by atoms with Gasteiger partial charge >= 0.3 is 0 Å². The minimum Gasteiger partial charge on any atom is -0.248 e. The summed E-state index contributed by atoms with van der Waals surface area (Å²) in [6.45, 7) is 0. The predicted octanol–water partition coefficient (Wildman–Crippen LogP) is 4.48. The quantitative estimate of drug-likeness (QED) is 0.771. The molecule has 0 amide bonds. The maximum atomic E-state index is 8.92. The second-order valence-corrected chi connectivity index (χ2v) is 5.35. The summed E-state index contributed by atoms with van der Waals surface area (Å²) in [5, 5.41) is 10.5. The van der Waals surface area contributed by atoms with E-state index >= 15 is 0 Å². The minimum atomic E-state index is 0.102. The van der Waals surface area contributed by atoms with Crippen molar-refractivity contribution in [2.75, 3.05) is 0 Å². The van der Waals surface area contributed by atoms with Crippen LogP contribution >= 0.6 is 23.4 Å². The van der Waals surface area contributed by atoms with Crippen molar-refractivity contribution in [2.24, 2.45) is 0 Å². The first-order valence-corrected chi connectivity index (χ1v) is 6.75. The Labute approximate surface area is 116 Å². The lowest BCUT2D eigenvalue weighted by atomic mass is 10.1. The lowest BCUT2D eigenvalue weighted by molar-refractivity contribution is 0.968. The normalized spacial score (nSPS) is 11.8. The molecule has 2 rings (SSSR count). The molecular formula is C14H11ClN2S. The molecule has 2 nitrogen and oxygen atoms in total. The minimum absolute atomic E-state index is 0.102. The number of benzene rings is 1. The molecule has 0 radical (unpaired) electrons. The maximum Gasteiger partial charge on any atom is 0.0967 e. The highest BCUT2D eigenvalue weighted by Crippen LogP contribution is 2.36. The second-order valence-electron chi connectivity index (χ2n) is 3.69. The Bertz CT molecular complexity index is 534. The van der Waals surface area contributed by atoms with Gasteiger partial charge in [-0.1, -0.05) is 53.7 Å². The summed E-state index contributed by atoms with van der Waals surface area (Å²) in [6.07, 6.45) is 2.08. The van der Waals surface area contributed by atoms with Crippen LogP contribution in [0, 0.1) is 11.3 Å². The van der Waals surface area contributed by atoms with Crippen LogP contribution in [0.15, 0.2) is 53.7 Å². The number of nitriles is 1. The van der Waals surface area contributed by atoms with Crippen LogP contribution in [-0.4, -0.2) is 4.98 Å². The van der Waals surface area contributed by atoms with Gasteiger partial charge < -0.3 is 0 Å². The van der Waals surface area contributed by atoms with Crippen LogP contribution in [0.1, 0.15) is 17.2 Å². The molecule has 0 saturated heterocycles. The SMILES string of the molecule is N#CCC(Sc1ccc(Cl)cn1)c1ccccc1. The maximum absolute atomic E-state index is 8.92. The summed E-state index contributed by atoms with van der Waals surface area (Å²) in [4.78, 5) is 4.25. The molecule has 4 heteroatoms. The standard InChI is InChI=1S/C14H11ClN2S/c15-12-6-7-14(17-10-12)18-13(8-9-16)11-4-2-1-3-5-11/h1-7,10,13H,8H2. The largest absolute Gasteiger partial charge is 0.248 e. The first-order valence-electron chi connectivity index (χ1n) is 5.49. The highest BCUT2D eigenvalue weighted by atomic mass is 35.5. The van der Waals surface area contributed by atoms with Gasteiger partial charge in [-0.2, -0.15) is 5.26 Å². The van der Waals surface area contributed by atoms with Crippen LogP contribution in [-0.2, 0) is 0 Å². The molecule has 1 atom stereocenters. The Kier molecular flexibility index (Phi) is 4.63. The summed E-state index contributed by atoms with van der Waals surface area (Å²) in [5.41, 5.74) is 1.14. The molecule has 0 aliphatic carbocycles. The van der Waals surface area contributed by atoms with Crippen LogP contribution in [0.25, 0.3) is 0 Å². The molecule has 1 heterocycles. The van der Waals surface area contributed by atoms with Gasteiger partial charge in [-0.15, -0.1) is 0 Å². The number of halogens is 1. The molecule has 1 aromatic heterocycles. The summed E-state index contributed by atoms with van der Waals surface area (Å²) >= 11 is 7.39. The van der Waals surface area contributed by atoms with Gasteiger partial charge in [-0.3, -0.25) is 0 Å². The number of rotatable bonds is 4. The van der Waals surface area contributed by atoms with E-state index in [-0.39, 0.29) is 5.25 Å². The zero-order chi connectivity index (χ0) is 12.8. The highest BCUT2D eigenvalue weighted by Gasteiger charge is 2.13. The molecular weight excluding hydrogens is 264 g/mol. The van der Waals surface area contributed by atoms with E-state index in [0.29, 0.717) is 11.4 Å². The van der Waals surface area contributed by atoms with E-state index in [0.717, 1.165) is 10.6 Å². The molecule has 18 heavy (non-hydrogen) atoms. The van der Waals surface area contributed by atoms with Crippen molar-refractivity contribution in [3.05, 3.63) is 59.2 Å². The fourth-order valence-corrected chi connectivity index (χ4v) is 2.67. The van der Waals surface area contributed by atoms with Gasteiger partial charge in [0.2, 0.25) is 0 Å². The number of hydrogen-bond donors (Lipinski definition) is 0. The van der Waals surface area contributed by atoms with E-state index in [1.165, 1.54) is 0 Å². The lowest BCUT2D eigenvalue weighted by Crippen LogP contribution is -1.93. The Morgan fingerprint density at radius 3 is 2.61 bits per heavy atom. The van der Waals surface area contributed by atoms with Gasteiger partial charge in [-0.25, -0.2) is 4.98 Å². The van der Waals surface area contributed by atoms with Crippen molar-refractivity contribution in [1.82, 2.24) is 4.98 Å². The molecule has 0 spiro atoms. The van der Waals surface area contributed by atoms with Crippen molar-refractivity contribution in [1.29, 1.82) is 5.26 Å². The Hall–Kier alpha value is -1.50. The number of pyridine rings is 1. The number of hydrogen-bond acceptors (Lipinski definition) is 3. The van der Waals surface area contributed by atoms with Gasteiger partial charge in [0.05, 0.1) is 22.5 Å². The van der Waals surface area contributed by atoms with Gasteiger partial charge in [0, 0.05) is 11.4 Å². The number of aromatic nitrogens is 1. The summed E-state index contributed by atoms with van der Waals surface area (Å²) in [7, 11) is 0. The Balaban J connectivity index is 2.17. The van der Waals surface area contributed by atoms with E-state index in [4.69, 9.17) is 16.9 Å². The smallest absolute Gasteiger partial charge is 0.0967 e. The second kappa shape index (κ2) is 6.44. The molecule has 0 fully saturated rings. The fourth-order valence-electron chi connectivity index (χ4n) is 1.56. The van der Waals surface area contributed by atoms with Gasteiger partial charge in [0.15, 0.2) is 0 Å². The van der Waals surface area contributed by atoms with Gasteiger partial charge in [-0.05, 0) is 17.7 Å². The Morgan fingerprint density at radius 2 is 2.00 bits per heavy atom. The van der Waals surface area contributed by atoms with E-state index in [1.54, 1.807) is 18.0 Å². The molecule has 0 saturated carbocycles. The van der Waals surface area contributed by atoms with Crippen molar-refractivity contribution in [3.63, 3.8) is 0 Å². The third-order valence-corrected chi connectivity index (χ3v) is 3.84. The topological polar surface area (TPSA) is 36.7 Å². The van der Waals surface area contributed by atoms with Crippen molar-refractivity contribution in [2.45, 2.75) is 16.7 Å². The fraction of sp³-hybridized carbons (Fsp3) is 0.143. The Morgan fingerprint density at radius 1 is 1.22 bits per heavy atom. The molecule has 0 bridgehead atoms. The number of nitrogens with zero attached hydrogens (tertiary/aromatic N) is 2. The van der Waals surface area contributed by atoms with Gasteiger partial charge in [0.1, 0.15) is 0 Å². The molecule has 90 valence electrons. The monoisotopic (exact) mass is 274 g/mol. The first kappa shape index (κ1) is 12.9. The first-order chi connectivity index (χ1) is 8.79. The average Bonchev–Trinajstić information content (AvgIpc) is 2.42. The molecule has 1 aromatic carbocycles. The van der Waals surface area contributed by atoms with E-state index in [2.05, 4.69) is 11.1 Å². The average molecular weight is 275 g/mol. The van der Waals surface area contributed by atoms with Crippen LogP contribution in [0.3, 0.4) is 0 Å². The highest BCUT2D eigenvalue weighted by molar-refractivity contribution is 7.99. The van der Waals surface area contributed by atoms with Crippen LogP contribution in [0.2, 0.25) is 5.02 Å². The summed E-state index contributed by atoms with van der Waals surface area (Å²) in [5.74, 6) is 0. The summed E-state index contributed by atoms with van der Waals surface area (Å²) < 4.78 is 0. The van der Waals surface area contributed by atoms with Crippen LogP contribution in [0.5, 0.6) is 0 Å². The molecule has 0 aliphatic rings. The third kappa shape index (κ3) is 3.49. The number of thioether (sulfide) groups is 1. The third-order valence-electron chi connectivity index (χ3n) is 2.41. The van der Waals surface area contributed by atoms with Crippen molar-refractivity contribution < 1.29 is 0 Å². The molecule has 2 aromatic rings. The van der Waals surface area contributed by atoms with E-state index in [1.807, 2.05) is 42.5 Å². The van der Waals surface area contributed by atoms with Crippen molar-refractivity contribution in [3.8, 4) is 6.07 Å². The zero-order valence-corrected chi connectivity index (χ0v) is 11.2. The van der Waals surface area contributed by atoms with E-state index < -0.39 is 0 Å². The zero-order valence-electron chi connectivity index (χ0n) is 9.58. The van der Waals surface area contributed by atoms with Gasteiger partial charge in [0.25, 0.3) is 0 Å². The predicted molar refractivity (Wildman–Crippen MR) is 74.5 cm³/mol. The van der Waals surface area contributed by atoms with E-state index in [9.17, 15) is 0 Å². The van der Waals surface area contributed by atoms with Crippen LogP contribution < -0.4 is 0 Å². The molecule has 0 N–H and O–H groups in total. The van der Waals surface area contributed by atoms with Crippen molar-refractivity contribution >= 4 is 23.4 Å². The molecule has 1 unspecified atom stereocenters. The molecule has 0 aliphatic heterocycles. The summed E-state index contributed by atoms with van der Waals surface area (Å²) in [6, 6.07) is 15.9. The van der Waals surface area contributed by atoms with Crippen LogP contribution in [0.4, 0.5) is 0 Å².